The molecule has 2 aromatic carbocycles. The van der Waals surface area contributed by atoms with Crippen LogP contribution in [0.1, 0.15) is 15.9 Å². The van der Waals surface area contributed by atoms with E-state index >= 15 is 0 Å². The van der Waals surface area contributed by atoms with Gasteiger partial charge in [-0.3, -0.25) is 9.59 Å². The third-order valence-corrected chi connectivity index (χ3v) is 3.82. The fourth-order valence-electron chi connectivity index (χ4n) is 2.14. The van der Waals surface area contributed by atoms with Crippen LogP contribution < -0.4 is 11.1 Å². The second-order valence-corrected chi connectivity index (χ2v) is 5.71. The summed E-state index contributed by atoms with van der Waals surface area (Å²) in [5.41, 5.74) is 6.36. The molecular formula is C17H16ClFN2O3. The average Bonchev–Trinajstić information content (AvgIpc) is 2.55. The molecule has 2 aromatic rings. The maximum atomic E-state index is 12.9. The van der Waals surface area contributed by atoms with E-state index in [0.29, 0.717) is 0 Å². The molecule has 0 heterocycles. The Bertz CT molecular complexity index is 750. The molecule has 1 atom stereocenters. The van der Waals surface area contributed by atoms with Crippen LogP contribution in [0.25, 0.3) is 0 Å². The lowest BCUT2D eigenvalue weighted by Crippen LogP contribution is -2.37. The highest BCUT2D eigenvalue weighted by atomic mass is 35.5. The Morgan fingerprint density at radius 2 is 1.88 bits per heavy atom. The van der Waals surface area contributed by atoms with Crippen LogP contribution in [0.4, 0.5) is 4.39 Å². The Balaban J connectivity index is 2.00. The number of carbonyl (C=O) groups excluding carboxylic acids is 2. The van der Waals surface area contributed by atoms with Crippen LogP contribution >= 0.6 is 11.6 Å². The number of nitrogens with two attached hydrogens (primary N) is 1. The first-order chi connectivity index (χ1) is 11.4. The van der Waals surface area contributed by atoms with Crippen LogP contribution in [0.3, 0.4) is 0 Å². The number of halogens is 2. The lowest BCUT2D eigenvalue weighted by molar-refractivity contribution is -0.121. The zero-order chi connectivity index (χ0) is 17.7. The minimum Gasteiger partial charge on any atom is -0.506 e. The molecule has 7 heteroatoms. The summed E-state index contributed by atoms with van der Waals surface area (Å²) in [4.78, 5) is 23.6. The van der Waals surface area contributed by atoms with E-state index in [0.717, 1.165) is 5.56 Å². The molecule has 2 rings (SSSR count). The van der Waals surface area contributed by atoms with Crippen molar-refractivity contribution in [3.63, 3.8) is 0 Å². The second-order valence-electron chi connectivity index (χ2n) is 5.31. The Morgan fingerprint density at radius 1 is 1.21 bits per heavy atom. The molecule has 0 unspecified atom stereocenters. The highest BCUT2D eigenvalue weighted by Gasteiger charge is 2.18. The Labute approximate surface area is 143 Å². The van der Waals surface area contributed by atoms with Crippen molar-refractivity contribution in [2.24, 2.45) is 11.7 Å². The van der Waals surface area contributed by atoms with E-state index in [-0.39, 0.29) is 35.1 Å². The van der Waals surface area contributed by atoms with Crippen molar-refractivity contribution < 1.29 is 19.1 Å². The number of amides is 2. The van der Waals surface area contributed by atoms with E-state index in [1.807, 2.05) is 0 Å². The number of nitrogens with one attached hydrogen (secondary N) is 1. The predicted octanol–water partition coefficient (Wildman–Crippen LogP) is 2.26. The largest absolute Gasteiger partial charge is 0.506 e. The number of carbonyl (C=O) groups is 2. The minimum atomic E-state index is -0.632. The zero-order valence-corrected chi connectivity index (χ0v) is 13.4. The maximum Gasteiger partial charge on any atom is 0.251 e. The van der Waals surface area contributed by atoms with Crippen molar-refractivity contribution in [2.45, 2.75) is 6.42 Å². The summed E-state index contributed by atoms with van der Waals surface area (Å²) < 4.78 is 12.9. The molecule has 0 saturated heterocycles. The van der Waals surface area contributed by atoms with Gasteiger partial charge in [0.05, 0.1) is 10.9 Å². The van der Waals surface area contributed by atoms with Crippen LogP contribution in [-0.2, 0) is 11.2 Å². The van der Waals surface area contributed by atoms with Crippen molar-refractivity contribution in [3.8, 4) is 5.75 Å². The van der Waals surface area contributed by atoms with Gasteiger partial charge in [-0.05, 0) is 42.3 Å². The normalized spacial score (nSPS) is 11.8. The van der Waals surface area contributed by atoms with Gasteiger partial charge in [0.1, 0.15) is 11.6 Å². The maximum absolute atomic E-state index is 12.9. The van der Waals surface area contributed by atoms with Gasteiger partial charge < -0.3 is 16.2 Å². The number of aromatic hydroxyl groups is 1. The highest BCUT2D eigenvalue weighted by Crippen LogP contribution is 2.23. The molecule has 0 fully saturated rings. The third-order valence-electron chi connectivity index (χ3n) is 3.52. The van der Waals surface area contributed by atoms with Gasteiger partial charge >= 0.3 is 0 Å². The summed E-state index contributed by atoms with van der Waals surface area (Å²) in [6.07, 6.45) is 0.284. The van der Waals surface area contributed by atoms with Gasteiger partial charge in [0.2, 0.25) is 5.91 Å². The number of phenolic OH excluding ortho intramolecular Hbond substituents is 1. The van der Waals surface area contributed by atoms with Crippen molar-refractivity contribution in [1.82, 2.24) is 5.32 Å². The van der Waals surface area contributed by atoms with E-state index in [1.54, 1.807) is 12.1 Å². The van der Waals surface area contributed by atoms with Crippen molar-refractivity contribution in [1.29, 1.82) is 0 Å². The molecule has 0 aliphatic carbocycles. The Morgan fingerprint density at radius 3 is 2.46 bits per heavy atom. The van der Waals surface area contributed by atoms with Crippen LogP contribution in [0, 0.1) is 11.7 Å². The minimum absolute atomic E-state index is 0.0318. The van der Waals surface area contributed by atoms with E-state index in [4.69, 9.17) is 17.3 Å². The lowest BCUT2D eigenvalue weighted by atomic mass is 9.98. The van der Waals surface area contributed by atoms with Crippen molar-refractivity contribution in [3.05, 3.63) is 64.4 Å². The van der Waals surface area contributed by atoms with Crippen LogP contribution in [-0.4, -0.2) is 23.5 Å². The number of rotatable bonds is 6. The highest BCUT2D eigenvalue weighted by molar-refractivity contribution is 6.32. The number of benzene rings is 2. The van der Waals surface area contributed by atoms with Gasteiger partial charge in [-0.1, -0.05) is 23.7 Å². The molecule has 0 aromatic heterocycles. The van der Waals surface area contributed by atoms with Crippen molar-refractivity contribution >= 4 is 23.4 Å². The molecule has 0 bridgehead atoms. The quantitative estimate of drug-likeness (QED) is 0.746. The second kappa shape index (κ2) is 7.79. The van der Waals surface area contributed by atoms with Gasteiger partial charge in [-0.2, -0.15) is 0 Å². The van der Waals surface area contributed by atoms with Gasteiger partial charge in [0.15, 0.2) is 0 Å². The summed E-state index contributed by atoms with van der Waals surface area (Å²) in [5.74, 6) is -2.14. The molecule has 126 valence electrons. The Kier molecular flexibility index (Phi) is 5.76. The summed E-state index contributed by atoms with van der Waals surface area (Å²) in [6.45, 7) is 0.0318. The fourth-order valence-corrected chi connectivity index (χ4v) is 2.32. The molecule has 0 spiro atoms. The van der Waals surface area contributed by atoms with Gasteiger partial charge in [0.25, 0.3) is 5.91 Å². The first-order valence-corrected chi connectivity index (χ1v) is 7.55. The SMILES string of the molecule is NC(=O)[C@@H](CNC(=O)c1ccc(O)c(Cl)c1)Cc1ccc(F)cc1. The number of phenols is 1. The summed E-state index contributed by atoms with van der Waals surface area (Å²) >= 11 is 5.76. The molecular weight excluding hydrogens is 335 g/mol. The predicted molar refractivity (Wildman–Crippen MR) is 88.2 cm³/mol. The number of hydrogen-bond acceptors (Lipinski definition) is 3. The zero-order valence-electron chi connectivity index (χ0n) is 12.6. The molecule has 0 saturated carbocycles. The lowest BCUT2D eigenvalue weighted by Gasteiger charge is -2.14. The van der Waals surface area contributed by atoms with E-state index in [2.05, 4.69) is 5.32 Å². The molecule has 5 nitrogen and oxygen atoms in total. The summed E-state index contributed by atoms with van der Waals surface area (Å²) in [7, 11) is 0. The standard InChI is InChI=1S/C17H16ClFN2O3/c18-14-8-11(3-6-15(14)22)17(24)21-9-12(16(20)23)7-10-1-4-13(19)5-2-10/h1-6,8,12,22H,7,9H2,(H2,20,23)(H,21,24)/t12-/m1/s1. The summed E-state index contributed by atoms with van der Waals surface area (Å²) in [5, 5.41) is 12.0. The molecule has 24 heavy (non-hydrogen) atoms. The first kappa shape index (κ1) is 17.7. The average molecular weight is 351 g/mol. The monoisotopic (exact) mass is 350 g/mol. The van der Waals surface area contributed by atoms with E-state index < -0.39 is 17.7 Å². The molecule has 4 N–H and O–H groups in total. The number of hydrogen-bond donors (Lipinski definition) is 3. The molecule has 2 amide bonds. The molecule has 0 radical (unpaired) electrons. The van der Waals surface area contributed by atoms with Crippen molar-refractivity contribution in [2.75, 3.05) is 6.54 Å². The third kappa shape index (κ3) is 4.70. The van der Waals surface area contributed by atoms with E-state index in [1.165, 1.54) is 30.3 Å². The van der Waals surface area contributed by atoms with Crippen LogP contribution in [0.2, 0.25) is 5.02 Å². The first-order valence-electron chi connectivity index (χ1n) is 7.17. The van der Waals surface area contributed by atoms with Crippen LogP contribution in [0.15, 0.2) is 42.5 Å². The fraction of sp³-hybridized carbons (Fsp3) is 0.176. The Hall–Kier alpha value is -2.60. The van der Waals surface area contributed by atoms with Gasteiger partial charge in [-0.15, -0.1) is 0 Å². The van der Waals surface area contributed by atoms with E-state index in [9.17, 15) is 19.1 Å². The molecule has 0 aliphatic rings. The van der Waals surface area contributed by atoms with Gasteiger partial charge in [0, 0.05) is 12.1 Å². The molecule has 0 aliphatic heterocycles. The van der Waals surface area contributed by atoms with Gasteiger partial charge in [-0.25, -0.2) is 4.39 Å². The number of primary amides is 1. The van der Waals surface area contributed by atoms with Crippen LogP contribution in [0.5, 0.6) is 5.75 Å². The smallest absolute Gasteiger partial charge is 0.251 e. The topological polar surface area (TPSA) is 92.4 Å². The summed E-state index contributed by atoms with van der Waals surface area (Å²) in [6, 6.07) is 9.76.